The molecule has 0 bridgehead atoms. The number of benzene rings is 1. The normalized spacial score (nSPS) is 10.5. The van der Waals surface area contributed by atoms with E-state index >= 15 is 0 Å². The van der Waals surface area contributed by atoms with Crippen molar-refractivity contribution < 1.29 is 4.74 Å². The lowest BCUT2D eigenvalue weighted by Gasteiger charge is -2.16. The zero-order valence-corrected chi connectivity index (χ0v) is 12.3. The van der Waals surface area contributed by atoms with Gasteiger partial charge in [-0.3, -0.25) is 0 Å². The Labute approximate surface area is 118 Å². The molecule has 1 heterocycles. The summed E-state index contributed by atoms with van der Waals surface area (Å²) in [4.78, 5) is 7.78. The molecule has 0 amide bonds. The van der Waals surface area contributed by atoms with Crippen LogP contribution in [0.2, 0.25) is 0 Å². The van der Waals surface area contributed by atoms with Gasteiger partial charge in [0.1, 0.15) is 5.75 Å². The van der Waals surface area contributed by atoms with Gasteiger partial charge in [0, 0.05) is 36.4 Å². The molecule has 5 heteroatoms. The van der Waals surface area contributed by atoms with Crippen LogP contribution in [0.4, 0.5) is 10.8 Å². The van der Waals surface area contributed by atoms with Crippen LogP contribution in [-0.4, -0.2) is 25.7 Å². The minimum Gasteiger partial charge on any atom is -0.497 e. The SMILES string of the molecule is CCNCc1cnc(N(C)c2cccc(OC)c2)s1. The number of thiazole rings is 1. The van der Waals surface area contributed by atoms with Gasteiger partial charge in [0.2, 0.25) is 0 Å². The molecule has 1 aromatic carbocycles. The van der Waals surface area contributed by atoms with Crippen molar-refractivity contribution in [1.29, 1.82) is 0 Å². The summed E-state index contributed by atoms with van der Waals surface area (Å²) < 4.78 is 5.25. The first-order chi connectivity index (χ1) is 9.24. The summed E-state index contributed by atoms with van der Waals surface area (Å²) in [5.41, 5.74) is 1.07. The number of nitrogens with zero attached hydrogens (tertiary/aromatic N) is 2. The maximum Gasteiger partial charge on any atom is 0.189 e. The fourth-order valence-electron chi connectivity index (χ4n) is 1.71. The van der Waals surface area contributed by atoms with Crippen molar-refractivity contribution >= 4 is 22.2 Å². The molecular weight excluding hydrogens is 258 g/mol. The average Bonchev–Trinajstić information content (AvgIpc) is 2.93. The molecule has 1 aromatic heterocycles. The van der Waals surface area contributed by atoms with Gasteiger partial charge < -0.3 is 15.0 Å². The van der Waals surface area contributed by atoms with Crippen molar-refractivity contribution in [3.8, 4) is 5.75 Å². The molecule has 0 fully saturated rings. The van der Waals surface area contributed by atoms with E-state index in [4.69, 9.17) is 4.74 Å². The molecule has 0 spiro atoms. The van der Waals surface area contributed by atoms with E-state index in [1.807, 2.05) is 37.5 Å². The Bertz CT molecular complexity index is 527. The van der Waals surface area contributed by atoms with E-state index in [1.165, 1.54) is 4.88 Å². The molecule has 1 N–H and O–H groups in total. The first-order valence-electron chi connectivity index (χ1n) is 6.27. The minimum absolute atomic E-state index is 0.855. The average molecular weight is 277 g/mol. The first-order valence-corrected chi connectivity index (χ1v) is 7.09. The minimum atomic E-state index is 0.855. The van der Waals surface area contributed by atoms with E-state index in [0.717, 1.165) is 29.7 Å². The first kappa shape index (κ1) is 13.8. The summed E-state index contributed by atoms with van der Waals surface area (Å²) in [6.45, 7) is 3.95. The summed E-state index contributed by atoms with van der Waals surface area (Å²) in [6.07, 6.45) is 1.93. The van der Waals surface area contributed by atoms with Gasteiger partial charge in [-0.25, -0.2) is 4.98 Å². The summed E-state index contributed by atoms with van der Waals surface area (Å²) in [7, 11) is 3.70. The number of aromatic nitrogens is 1. The van der Waals surface area contributed by atoms with Crippen LogP contribution < -0.4 is 15.0 Å². The monoisotopic (exact) mass is 277 g/mol. The van der Waals surface area contributed by atoms with Crippen LogP contribution in [0.1, 0.15) is 11.8 Å². The highest BCUT2D eigenvalue weighted by Crippen LogP contribution is 2.29. The molecule has 0 unspecified atom stereocenters. The molecule has 0 saturated carbocycles. The van der Waals surface area contributed by atoms with Gasteiger partial charge in [-0.2, -0.15) is 0 Å². The standard InChI is InChI=1S/C14H19N3OS/c1-4-15-9-13-10-16-14(19-13)17(2)11-6-5-7-12(8-11)18-3/h5-8,10,15H,4,9H2,1-3H3. The quantitative estimate of drug-likeness (QED) is 0.880. The third-order valence-corrected chi connectivity index (χ3v) is 3.89. The number of hydrogen-bond donors (Lipinski definition) is 1. The van der Waals surface area contributed by atoms with Crippen LogP contribution in [0.15, 0.2) is 30.5 Å². The predicted octanol–water partition coefficient (Wildman–Crippen LogP) is 3.03. The van der Waals surface area contributed by atoms with Gasteiger partial charge >= 0.3 is 0 Å². The van der Waals surface area contributed by atoms with Crippen LogP contribution in [0.5, 0.6) is 5.75 Å². The van der Waals surface area contributed by atoms with Crippen LogP contribution in [0.25, 0.3) is 0 Å². The lowest BCUT2D eigenvalue weighted by Crippen LogP contribution is -2.10. The Kier molecular flexibility index (Phi) is 4.76. The third-order valence-electron chi connectivity index (χ3n) is 2.82. The Morgan fingerprint density at radius 1 is 1.42 bits per heavy atom. The molecule has 0 saturated heterocycles. The van der Waals surface area contributed by atoms with Crippen molar-refractivity contribution in [2.75, 3.05) is 25.6 Å². The van der Waals surface area contributed by atoms with E-state index in [-0.39, 0.29) is 0 Å². The smallest absolute Gasteiger partial charge is 0.189 e. The number of methoxy groups -OCH3 is 1. The topological polar surface area (TPSA) is 37.4 Å². The highest BCUT2D eigenvalue weighted by atomic mass is 32.1. The lowest BCUT2D eigenvalue weighted by atomic mass is 10.3. The molecule has 4 nitrogen and oxygen atoms in total. The van der Waals surface area contributed by atoms with Gasteiger partial charge in [0.25, 0.3) is 0 Å². The highest BCUT2D eigenvalue weighted by Gasteiger charge is 2.09. The van der Waals surface area contributed by atoms with E-state index in [2.05, 4.69) is 22.1 Å². The molecule has 19 heavy (non-hydrogen) atoms. The molecular formula is C14H19N3OS. The van der Waals surface area contributed by atoms with Gasteiger partial charge in [0.15, 0.2) is 5.13 Å². The summed E-state index contributed by atoms with van der Waals surface area (Å²) >= 11 is 1.70. The fourth-order valence-corrected chi connectivity index (χ4v) is 2.57. The van der Waals surface area contributed by atoms with E-state index < -0.39 is 0 Å². The Hall–Kier alpha value is -1.59. The maximum atomic E-state index is 5.25. The second-order valence-electron chi connectivity index (χ2n) is 4.15. The fraction of sp³-hybridized carbons (Fsp3) is 0.357. The molecule has 2 aromatic rings. The number of rotatable bonds is 6. The van der Waals surface area contributed by atoms with Crippen molar-refractivity contribution in [3.63, 3.8) is 0 Å². The van der Waals surface area contributed by atoms with Gasteiger partial charge in [0.05, 0.1) is 7.11 Å². The van der Waals surface area contributed by atoms with Crippen molar-refractivity contribution in [3.05, 3.63) is 35.3 Å². The maximum absolute atomic E-state index is 5.25. The zero-order chi connectivity index (χ0) is 13.7. The van der Waals surface area contributed by atoms with E-state index in [9.17, 15) is 0 Å². The van der Waals surface area contributed by atoms with Crippen LogP contribution >= 0.6 is 11.3 Å². The van der Waals surface area contributed by atoms with Crippen LogP contribution in [0, 0.1) is 0 Å². The molecule has 0 aliphatic heterocycles. The van der Waals surface area contributed by atoms with Crippen molar-refractivity contribution in [2.24, 2.45) is 0 Å². The van der Waals surface area contributed by atoms with Gasteiger partial charge in [-0.1, -0.05) is 13.0 Å². The van der Waals surface area contributed by atoms with Gasteiger partial charge in [-0.05, 0) is 18.7 Å². The molecule has 0 aliphatic carbocycles. The lowest BCUT2D eigenvalue weighted by molar-refractivity contribution is 0.415. The van der Waals surface area contributed by atoms with Crippen LogP contribution in [-0.2, 0) is 6.54 Å². The molecule has 2 rings (SSSR count). The van der Waals surface area contributed by atoms with E-state index in [1.54, 1.807) is 18.4 Å². The second-order valence-corrected chi connectivity index (χ2v) is 5.24. The number of hydrogen-bond acceptors (Lipinski definition) is 5. The molecule has 0 atom stereocenters. The predicted molar refractivity (Wildman–Crippen MR) is 80.6 cm³/mol. The van der Waals surface area contributed by atoms with Gasteiger partial charge in [-0.15, -0.1) is 11.3 Å². The van der Waals surface area contributed by atoms with Crippen molar-refractivity contribution in [1.82, 2.24) is 10.3 Å². The number of ether oxygens (including phenoxy) is 1. The Balaban J connectivity index is 2.13. The number of anilines is 2. The number of nitrogens with one attached hydrogen (secondary N) is 1. The summed E-state index contributed by atoms with van der Waals surface area (Å²) in [6, 6.07) is 7.98. The Morgan fingerprint density at radius 2 is 2.26 bits per heavy atom. The largest absolute Gasteiger partial charge is 0.497 e. The summed E-state index contributed by atoms with van der Waals surface area (Å²) in [5.74, 6) is 0.855. The van der Waals surface area contributed by atoms with E-state index in [0.29, 0.717) is 0 Å². The molecule has 0 aliphatic rings. The summed E-state index contributed by atoms with van der Waals surface area (Å²) in [5, 5.41) is 4.29. The van der Waals surface area contributed by atoms with Crippen molar-refractivity contribution in [2.45, 2.75) is 13.5 Å². The second kappa shape index (κ2) is 6.54. The molecule has 0 radical (unpaired) electrons. The molecule has 102 valence electrons. The zero-order valence-electron chi connectivity index (χ0n) is 11.5. The third kappa shape index (κ3) is 3.45. The van der Waals surface area contributed by atoms with Crippen LogP contribution in [0.3, 0.4) is 0 Å². The highest BCUT2D eigenvalue weighted by molar-refractivity contribution is 7.15. The Morgan fingerprint density at radius 3 is 3.00 bits per heavy atom.